The maximum absolute atomic E-state index is 14.0. The summed E-state index contributed by atoms with van der Waals surface area (Å²) in [5.74, 6) is -1.65. The molecule has 1 aliphatic heterocycles. The van der Waals surface area contributed by atoms with E-state index >= 15 is 0 Å². The Morgan fingerprint density at radius 2 is 2.00 bits per heavy atom. The largest absolute Gasteiger partial charge is 0.481 e. The molecule has 1 fully saturated rings. The van der Waals surface area contributed by atoms with Gasteiger partial charge in [0.2, 0.25) is 0 Å². The molecule has 2 aromatic rings. The Balaban J connectivity index is 1.89. The Kier molecular flexibility index (Phi) is 4.56. The molecule has 0 aliphatic carbocycles. The number of aromatic nitrogens is 2. The summed E-state index contributed by atoms with van der Waals surface area (Å²) in [6.07, 6.45) is 1.84. The molecule has 0 radical (unpaired) electrons. The van der Waals surface area contributed by atoms with Gasteiger partial charge in [0.15, 0.2) is 0 Å². The summed E-state index contributed by atoms with van der Waals surface area (Å²) in [7, 11) is 0. The molecule has 0 spiro atoms. The second-order valence-corrected chi connectivity index (χ2v) is 7.10. The fraction of sp³-hybridized carbons (Fsp3) is 0.421. The quantitative estimate of drug-likeness (QED) is 0.911. The predicted octanol–water partition coefficient (Wildman–Crippen LogP) is 2.89. The zero-order valence-electron chi connectivity index (χ0n) is 15.1. The van der Waals surface area contributed by atoms with Crippen molar-refractivity contribution in [1.82, 2.24) is 14.7 Å². The molecule has 1 N–H and O–H groups in total. The molecular formula is C19H22FN3O3. The van der Waals surface area contributed by atoms with Gasteiger partial charge in [-0.1, -0.05) is 26.0 Å². The molecule has 6 nitrogen and oxygen atoms in total. The van der Waals surface area contributed by atoms with Gasteiger partial charge in [-0.25, -0.2) is 9.07 Å². The van der Waals surface area contributed by atoms with Gasteiger partial charge >= 0.3 is 5.97 Å². The van der Waals surface area contributed by atoms with Gasteiger partial charge in [0.25, 0.3) is 5.91 Å². The molecule has 26 heavy (non-hydrogen) atoms. The van der Waals surface area contributed by atoms with E-state index in [4.69, 9.17) is 0 Å². The number of benzene rings is 1. The van der Waals surface area contributed by atoms with Crippen molar-refractivity contribution in [2.45, 2.75) is 27.2 Å². The number of hydrogen-bond donors (Lipinski definition) is 1. The van der Waals surface area contributed by atoms with Crippen LogP contribution in [-0.2, 0) is 4.79 Å². The van der Waals surface area contributed by atoms with Gasteiger partial charge in [0, 0.05) is 13.1 Å². The third-order valence-corrected chi connectivity index (χ3v) is 5.44. The lowest BCUT2D eigenvalue weighted by atomic mass is 9.76. The van der Waals surface area contributed by atoms with Crippen molar-refractivity contribution in [3.8, 4) is 5.69 Å². The normalized spacial score (nSPS) is 20.0. The number of carboxylic acids is 1. The first kappa shape index (κ1) is 18.1. The molecular weight excluding hydrogens is 337 g/mol. The third-order valence-electron chi connectivity index (χ3n) is 5.44. The average Bonchev–Trinajstić information content (AvgIpc) is 3.20. The van der Waals surface area contributed by atoms with Crippen molar-refractivity contribution in [1.29, 1.82) is 0 Å². The number of hydrogen-bond acceptors (Lipinski definition) is 3. The standard InChI is InChI=1S/C19H22FN3O3/c1-12(2)19(18(25)26)8-9-22(11-19)17(24)14-10-21-23(13(14)3)16-7-5-4-6-15(16)20/h4-7,10,12H,8-9,11H2,1-3H3,(H,25,26). The van der Waals surface area contributed by atoms with Crippen molar-refractivity contribution >= 4 is 11.9 Å². The Hall–Kier alpha value is -2.70. The van der Waals surface area contributed by atoms with E-state index in [1.54, 1.807) is 30.0 Å². The SMILES string of the molecule is Cc1c(C(=O)N2CCC(C(=O)O)(C(C)C)C2)cnn1-c1ccccc1F. The minimum Gasteiger partial charge on any atom is -0.481 e. The highest BCUT2D eigenvalue weighted by Gasteiger charge is 2.48. The average molecular weight is 359 g/mol. The summed E-state index contributed by atoms with van der Waals surface area (Å²) in [4.78, 5) is 26.2. The van der Waals surface area contributed by atoms with Crippen LogP contribution in [0.1, 0.15) is 36.3 Å². The van der Waals surface area contributed by atoms with Crippen molar-refractivity contribution < 1.29 is 19.1 Å². The lowest BCUT2D eigenvalue weighted by Crippen LogP contribution is -2.40. The number of halogens is 1. The van der Waals surface area contributed by atoms with Crippen LogP contribution < -0.4 is 0 Å². The van der Waals surface area contributed by atoms with E-state index < -0.39 is 17.2 Å². The Labute approximate surface area is 151 Å². The van der Waals surface area contributed by atoms with Gasteiger partial charge < -0.3 is 10.0 Å². The summed E-state index contributed by atoms with van der Waals surface area (Å²) in [5, 5.41) is 13.8. The van der Waals surface area contributed by atoms with E-state index in [1.807, 2.05) is 13.8 Å². The minimum absolute atomic E-state index is 0.0833. The van der Waals surface area contributed by atoms with Crippen molar-refractivity contribution in [3.63, 3.8) is 0 Å². The number of carboxylic acid groups (broad SMARTS) is 1. The van der Waals surface area contributed by atoms with E-state index in [2.05, 4.69) is 5.10 Å². The first-order valence-corrected chi connectivity index (χ1v) is 8.60. The van der Waals surface area contributed by atoms with Crippen LogP contribution in [-0.4, -0.2) is 44.8 Å². The van der Waals surface area contributed by atoms with Gasteiger partial charge in [-0.05, 0) is 31.4 Å². The van der Waals surface area contributed by atoms with E-state index in [0.29, 0.717) is 24.2 Å². The second kappa shape index (κ2) is 6.55. The Bertz CT molecular complexity index is 861. The molecule has 1 aliphatic rings. The number of rotatable bonds is 4. The van der Waals surface area contributed by atoms with Crippen molar-refractivity contribution in [2.75, 3.05) is 13.1 Å². The monoisotopic (exact) mass is 359 g/mol. The third kappa shape index (κ3) is 2.77. The molecule has 0 bridgehead atoms. The molecule has 1 saturated heterocycles. The smallest absolute Gasteiger partial charge is 0.311 e. The number of likely N-dealkylation sites (tertiary alicyclic amines) is 1. The zero-order valence-corrected chi connectivity index (χ0v) is 15.1. The molecule has 1 unspecified atom stereocenters. The van der Waals surface area contributed by atoms with E-state index in [9.17, 15) is 19.1 Å². The molecule has 1 atom stereocenters. The first-order chi connectivity index (χ1) is 12.3. The van der Waals surface area contributed by atoms with E-state index in [-0.39, 0.29) is 24.1 Å². The van der Waals surface area contributed by atoms with Gasteiger partial charge in [0.05, 0.1) is 22.9 Å². The van der Waals surface area contributed by atoms with Crippen LogP contribution in [0.4, 0.5) is 4.39 Å². The molecule has 3 rings (SSSR count). The molecule has 1 aromatic carbocycles. The zero-order chi connectivity index (χ0) is 19.1. The van der Waals surface area contributed by atoms with Gasteiger partial charge in [-0.2, -0.15) is 5.10 Å². The van der Waals surface area contributed by atoms with Crippen LogP contribution in [0.5, 0.6) is 0 Å². The van der Waals surface area contributed by atoms with Gasteiger partial charge in [-0.3, -0.25) is 9.59 Å². The maximum atomic E-state index is 14.0. The number of nitrogens with zero attached hydrogens (tertiary/aromatic N) is 3. The van der Waals surface area contributed by atoms with Crippen LogP contribution in [0.2, 0.25) is 0 Å². The van der Waals surface area contributed by atoms with Gasteiger partial charge in [0.1, 0.15) is 11.5 Å². The predicted molar refractivity (Wildman–Crippen MR) is 93.7 cm³/mol. The highest BCUT2D eigenvalue weighted by atomic mass is 19.1. The van der Waals surface area contributed by atoms with Crippen LogP contribution in [0.15, 0.2) is 30.5 Å². The summed E-state index contributed by atoms with van der Waals surface area (Å²) < 4.78 is 15.4. The topological polar surface area (TPSA) is 75.4 Å². The minimum atomic E-state index is -0.925. The summed E-state index contributed by atoms with van der Waals surface area (Å²) >= 11 is 0. The molecule has 1 aromatic heterocycles. The number of carbonyl (C=O) groups excluding carboxylic acids is 1. The molecule has 0 saturated carbocycles. The Morgan fingerprint density at radius 1 is 1.31 bits per heavy atom. The van der Waals surface area contributed by atoms with Crippen LogP contribution in [0.25, 0.3) is 5.69 Å². The highest BCUT2D eigenvalue weighted by molar-refractivity contribution is 5.96. The number of amides is 1. The van der Waals surface area contributed by atoms with Crippen molar-refractivity contribution in [3.05, 3.63) is 47.5 Å². The van der Waals surface area contributed by atoms with Crippen LogP contribution in [0, 0.1) is 24.1 Å². The first-order valence-electron chi connectivity index (χ1n) is 8.60. The lowest BCUT2D eigenvalue weighted by molar-refractivity contribution is -0.150. The van der Waals surface area contributed by atoms with Crippen LogP contribution in [0.3, 0.4) is 0 Å². The number of carbonyl (C=O) groups is 2. The summed E-state index contributed by atoms with van der Waals surface area (Å²) in [6.45, 7) is 5.99. The molecule has 2 heterocycles. The molecule has 138 valence electrons. The van der Waals surface area contributed by atoms with Crippen molar-refractivity contribution in [2.24, 2.45) is 11.3 Å². The summed E-state index contributed by atoms with van der Waals surface area (Å²) in [5.41, 5.74) is 0.230. The summed E-state index contributed by atoms with van der Waals surface area (Å²) in [6, 6.07) is 6.21. The fourth-order valence-electron chi connectivity index (χ4n) is 3.56. The highest BCUT2D eigenvalue weighted by Crippen LogP contribution is 2.38. The fourth-order valence-corrected chi connectivity index (χ4v) is 3.56. The number of para-hydroxylation sites is 1. The molecule has 1 amide bonds. The lowest BCUT2D eigenvalue weighted by Gasteiger charge is -2.28. The maximum Gasteiger partial charge on any atom is 0.311 e. The second-order valence-electron chi connectivity index (χ2n) is 7.10. The van der Waals surface area contributed by atoms with E-state index in [1.165, 1.54) is 16.9 Å². The Morgan fingerprint density at radius 3 is 2.58 bits per heavy atom. The number of aliphatic carboxylic acids is 1. The van der Waals surface area contributed by atoms with Gasteiger partial charge in [-0.15, -0.1) is 0 Å². The van der Waals surface area contributed by atoms with E-state index in [0.717, 1.165) is 0 Å². The molecule has 7 heteroatoms. The van der Waals surface area contributed by atoms with Crippen LogP contribution >= 0.6 is 0 Å².